The number of aryl methyl sites for hydroxylation is 2. The average molecular weight is 458 g/mol. The first kappa shape index (κ1) is 22.2. The summed E-state index contributed by atoms with van der Waals surface area (Å²) in [5, 5.41) is 8.14. The molecule has 2 fully saturated rings. The van der Waals surface area contributed by atoms with Gasteiger partial charge in [-0.1, -0.05) is 5.16 Å². The molecular weight excluding hydrogens is 428 g/mol. The number of pyridine rings is 1. The van der Waals surface area contributed by atoms with Crippen molar-refractivity contribution in [1.82, 2.24) is 20.4 Å². The summed E-state index contributed by atoms with van der Waals surface area (Å²) in [6, 6.07) is 3.24. The minimum Gasteiger partial charge on any atom is -0.381 e. The second kappa shape index (κ2) is 8.95. The Morgan fingerprint density at radius 2 is 1.85 bits per heavy atom. The third-order valence-electron chi connectivity index (χ3n) is 6.83. The summed E-state index contributed by atoms with van der Waals surface area (Å²) in [6.45, 7) is 8.10. The van der Waals surface area contributed by atoms with Gasteiger partial charge >= 0.3 is 0 Å². The summed E-state index contributed by atoms with van der Waals surface area (Å²) >= 11 is 0. The van der Waals surface area contributed by atoms with Gasteiger partial charge in [0.1, 0.15) is 17.2 Å². The van der Waals surface area contributed by atoms with Gasteiger partial charge in [-0.25, -0.2) is 13.8 Å². The molecule has 1 aromatic carbocycles. The van der Waals surface area contributed by atoms with E-state index in [2.05, 4.69) is 27.3 Å². The SMILES string of the molecule is Cc1noc(-c2c(N3CC[C@@H](NC4CCOCC4)C[C@H]3C)nc3c(F)cc(F)cc3c2C)n1. The number of hydrogen-bond acceptors (Lipinski definition) is 7. The van der Waals surface area contributed by atoms with Crippen LogP contribution in [-0.2, 0) is 4.74 Å². The molecule has 0 radical (unpaired) electrons. The van der Waals surface area contributed by atoms with Gasteiger partial charge in [0.25, 0.3) is 5.89 Å². The lowest BCUT2D eigenvalue weighted by Crippen LogP contribution is -2.51. The number of piperidine rings is 1. The zero-order chi connectivity index (χ0) is 23.1. The highest BCUT2D eigenvalue weighted by Gasteiger charge is 2.32. The van der Waals surface area contributed by atoms with Crippen LogP contribution < -0.4 is 10.2 Å². The smallest absolute Gasteiger partial charge is 0.261 e. The summed E-state index contributed by atoms with van der Waals surface area (Å²) in [5.74, 6) is 0.0956. The van der Waals surface area contributed by atoms with Crippen molar-refractivity contribution in [3.8, 4) is 11.5 Å². The molecule has 0 spiro atoms. The van der Waals surface area contributed by atoms with Crippen molar-refractivity contribution in [2.24, 2.45) is 0 Å². The minimum absolute atomic E-state index is 0.151. The molecule has 5 rings (SSSR count). The van der Waals surface area contributed by atoms with Crippen molar-refractivity contribution in [2.75, 3.05) is 24.7 Å². The van der Waals surface area contributed by atoms with Crippen LogP contribution in [0.2, 0.25) is 0 Å². The minimum atomic E-state index is -0.675. The standard InChI is InChI=1S/C24H29F2N5O2/c1-13-10-18(28-17-5-8-32-9-6-17)4-7-31(13)23-21(24-27-15(3)30-33-24)14(2)19-11-16(25)12-20(26)22(19)29-23/h11-13,17-18,28H,4-10H2,1-3H3/t13-,18-/m1/s1. The zero-order valence-corrected chi connectivity index (χ0v) is 19.2. The highest BCUT2D eigenvalue weighted by molar-refractivity contribution is 5.92. The van der Waals surface area contributed by atoms with Crippen LogP contribution in [0.3, 0.4) is 0 Å². The summed E-state index contributed by atoms with van der Waals surface area (Å²) in [6.07, 6.45) is 3.95. The fourth-order valence-electron chi connectivity index (χ4n) is 5.13. The van der Waals surface area contributed by atoms with E-state index in [1.54, 1.807) is 6.92 Å². The monoisotopic (exact) mass is 457 g/mol. The molecule has 3 aromatic rings. The molecule has 0 amide bonds. The summed E-state index contributed by atoms with van der Waals surface area (Å²) in [7, 11) is 0. The maximum absolute atomic E-state index is 14.7. The number of aromatic nitrogens is 3. The number of halogens is 2. The number of ether oxygens (including phenoxy) is 1. The van der Waals surface area contributed by atoms with Gasteiger partial charge in [-0.15, -0.1) is 0 Å². The van der Waals surface area contributed by atoms with E-state index in [0.717, 1.165) is 51.5 Å². The van der Waals surface area contributed by atoms with Gasteiger partial charge in [0.15, 0.2) is 11.6 Å². The Morgan fingerprint density at radius 3 is 2.55 bits per heavy atom. The van der Waals surface area contributed by atoms with Crippen molar-refractivity contribution in [2.45, 2.75) is 64.6 Å². The Morgan fingerprint density at radius 1 is 1.06 bits per heavy atom. The second-order valence-electron chi connectivity index (χ2n) is 9.18. The fraction of sp³-hybridized carbons (Fsp3) is 0.542. The van der Waals surface area contributed by atoms with E-state index in [-0.39, 0.29) is 11.6 Å². The molecule has 2 saturated heterocycles. The van der Waals surface area contributed by atoms with E-state index in [9.17, 15) is 8.78 Å². The van der Waals surface area contributed by atoms with E-state index in [1.807, 2.05) is 6.92 Å². The van der Waals surface area contributed by atoms with E-state index < -0.39 is 11.6 Å². The Bertz CT molecular complexity index is 1160. The van der Waals surface area contributed by atoms with Gasteiger partial charge in [0.05, 0.1) is 5.56 Å². The molecule has 0 aliphatic carbocycles. The quantitative estimate of drug-likeness (QED) is 0.626. The van der Waals surface area contributed by atoms with E-state index in [4.69, 9.17) is 14.2 Å². The maximum atomic E-state index is 14.7. The highest BCUT2D eigenvalue weighted by atomic mass is 19.1. The molecule has 9 heteroatoms. The van der Waals surface area contributed by atoms with Crippen LogP contribution in [0.4, 0.5) is 14.6 Å². The number of rotatable bonds is 4. The Labute approximate surface area is 191 Å². The molecule has 7 nitrogen and oxygen atoms in total. The normalized spacial score (nSPS) is 22.3. The molecule has 1 N–H and O–H groups in total. The molecule has 0 unspecified atom stereocenters. The van der Waals surface area contributed by atoms with Gasteiger partial charge < -0.3 is 19.5 Å². The van der Waals surface area contributed by atoms with E-state index in [1.165, 1.54) is 6.07 Å². The number of nitrogens with one attached hydrogen (secondary N) is 1. The summed E-state index contributed by atoms with van der Waals surface area (Å²) in [4.78, 5) is 11.3. The van der Waals surface area contributed by atoms with Crippen LogP contribution in [0.25, 0.3) is 22.4 Å². The first-order chi connectivity index (χ1) is 15.9. The van der Waals surface area contributed by atoms with Crippen LogP contribution in [0.15, 0.2) is 16.7 Å². The van der Waals surface area contributed by atoms with Crippen molar-refractivity contribution in [1.29, 1.82) is 0 Å². The predicted octanol–water partition coefficient (Wildman–Crippen LogP) is 4.31. The fourth-order valence-corrected chi connectivity index (χ4v) is 5.13. The number of anilines is 1. The summed E-state index contributed by atoms with van der Waals surface area (Å²) in [5.41, 5.74) is 1.46. The van der Waals surface area contributed by atoms with Gasteiger partial charge in [-0.3, -0.25) is 0 Å². The van der Waals surface area contributed by atoms with Crippen LogP contribution >= 0.6 is 0 Å². The van der Waals surface area contributed by atoms with Gasteiger partial charge in [0, 0.05) is 49.3 Å². The average Bonchev–Trinajstić information content (AvgIpc) is 3.21. The molecule has 0 bridgehead atoms. The second-order valence-corrected chi connectivity index (χ2v) is 9.18. The largest absolute Gasteiger partial charge is 0.381 e. The number of hydrogen-bond donors (Lipinski definition) is 1. The molecule has 2 atom stereocenters. The molecule has 4 heterocycles. The van der Waals surface area contributed by atoms with Crippen LogP contribution in [0.5, 0.6) is 0 Å². The molecule has 2 aromatic heterocycles. The van der Waals surface area contributed by atoms with E-state index >= 15 is 0 Å². The topological polar surface area (TPSA) is 76.3 Å². The summed E-state index contributed by atoms with van der Waals surface area (Å²) < 4.78 is 39.7. The van der Waals surface area contributed by atoms with E-state index in [0.29, 0.717) is 46.1 Å². The molecule has 2 aliphatic rings. The van der Waals surface area contributed by atoms with Crippen LogP contribution in [0, 0.1) is 25.5 Å². The van der Waals surface area contributed by atoms with Crippen LogP contribution in [-0.4, -0.2) is 53.0 Å². The first-order valence-electron chi connectivity index (χ1n) is 11.6. The molecule has 33 heavy (non-hydrogen) atoms. The third kappa shape index (κ3) is 4.31. The van der Waals surface area contributed by atoms with Crippen LogP contribution in [0.1, 0.15) is 44.0 Å². The third-order valence-corrected chi connectivity index (χ3v) is 6.83. The lowest BCUT2D eigenvalue weighted by molar-refractivity contribution is 0.0733. The molecule has 176 valence electrons. The van der Waals surface area contributed by atoms with Gasteiger partial charge in [-0.05, 0) is 58.1 Å². The Kier molecular flexibility index (Phi) is 6.01. The van der Waals surface area contributed by atoms with Crippen molar-refractivity contribution >= 4 is 16.7 Å². The van der Waals surface area contributed by atoms with Gasteiger partial charge in [0.2, 0.25) is 0 Å². The van der Waals surface area contributed by atoms with Crippen molar-refractivity contribution in [3.05, 3.63) is 35.2 Å². The highest BCUT2D eigenvalue weighted by Crippen LogP contribution is 2.39. The number of benzene rings is 1. The number of nitrogens with zero attached hydrogens (tertiary/aromatic N) is 4. The lowest BCUT2D eigenvalue weighted by Gasteiger charge is -2.41. The van der Waals surface area contributed by atoms with Gasteiger partial charge in [-0.2, -0.15) is 4.98 Å². The first-order valence-corrected chi connectivity index (χ1v) is 11.6. The Balaban J connectivity index is 1.51. The maximum Gasteiger partial charge on any atom is 0.261 e. The Hall–Kier alpha value is -2.65. The molecule has 0 saturated carbocycles. The van der Waals surface area contributed by atoms with Crippen molar-refractivity contribution < 1.29 is 18.0 Å². The molecule has 2 aliphatic heterocycles. The molecular formula is C24H29F2N5O2. The van der Waals surface area contributed by atoms with Crippen molar-refractivity contribution in [3.63, 3.8) is 0 Å². The number of fused-ring (bicyclic) bond motifs is 1. The lowest BCUT2D eigenvalue weighted by atomic mass is 9.94. The zero-order valence-electron chi connectivity index (χ0n) is 19.2. The predicted molar refractivity (Wildman–Crippen MR) is 121 cm³/mol.